The minimum Gasteiger partial charge on any atom is -0.369 e. The van der Waals surface area contributed by atoms with Gasteiger partial charge < -0.3 is 15.5 Å². The summed E-state index contributed by atoms with van der Waals surface area (Å²) in [4.78, 5) is 14.7. The fourth-order valence-corrected chi connectivity index (χ4v) is 2.74. The first-order chi connectivity index (χ1) is 12.5. The highest BCUT2D eigenvalue weighted by Gasteiger charge is 2.13. The largest absolute Gasteiger partial charge is 0.369 e. The molecule has 0 spiro atoms. The maximum atomic E-state index is 12.6. The van der Waals surface area contributed by atoms with Gasteiger partial charge in [-0.25, -0.2) is 0 Å². The van der Waals surface area contributed by atoms with E-state index in [4.69, 9.17) is 0 Å². The Morgan fingerprint density at radius 3 is 2.27 bits per heavy atom. The first-order valence-electron chi connectivity index (χ1n) is 9.19. The van der Waals surface area contributed by atoms with Gasteiger partial charge in [0.1, 0.15) is 5.82 Å². The first-order valence-corrected chi connectivity index (χ1v) is 9.19. The zero-order valence-electron chi connectivity index (χ0n) is 16.2. The molecule has 2 rings (SSSR count). The minimum absolute atomic E-state index is 0.229. The van der Waals surface area contributed by atoms with E-state index in [0.29, 0.717) is 11.5 Å². The molecule has 1 aromatic heterocycles. The Morgan fingerprint density at radius 2 is 1.73 bits per heavy atom. The SMILES string of the molecule is CCc1cccc(CC)c1NC(=O)c1ccc(NCCCN(C)C)nn1. The van der Waals surface area contributed by atoms with Gasteiger partial charge in [0.2, 0.25) is 0 Å². The van der Waals surface area contributed by atoms with Crippen LogP contribution in [-0.2, 0) is 12.8 Å². The van der Waals surface area contributed by atoms with Crippen molar-refractivity contribution >= 4 is 17.4 Å². The number of carbonyl (C=O) groups excluding carboxylic acids is 1. The molecule has 0 saturated heterocycles. The van der Waals surface area contributed by atoms with E-state index < -0.39 is 0 Å². The van der Waals surface area contributed by atoms with Crippen LogP contribution in [0.25, 0.3) is 0 Å². The van der Waals surface area contributed by atoms with E-state index in [9.17, 15) is 4.79 Å². The Bertz CT molecular complexity index is 690. The average Bonchev–Trinajstić information content (AvgIpc) is 2.65. The van der Waals surface area contributed by atoms with Crippen LogP contribution in [0.5, 0.6) is 0 Å². The molecule has 2 aromatic rings. The Kier molecular flexibility index (Phi) is 7.53. The summed E-state index contributed by atoms with van der Waals surface area (Å²) in [7, 11) is 4.10. The molecule has 26 heavy (non-hydrogen) atoms. The number of aryl methyl sites for hydroxylation is 2. The third-order valence-corrected chi connectivity index (χ3v) is 4.22. The Labute approximate surface area is 156 Å². The first kappa shape index (κ1) is 19.8. The second kappa shape index (κ2) is 9.87. The van der Waals surface area contributed by atoms with Gasteiger partial charge >= 0.3 is 0 Å². The predicted octanol–water partition coefficient (Wildman–Crippen LogP) is 3.22. The van der Waals surface area contributed by atoms with Crippen LogP contribution in [0.4, 0.5) is 11.5 Å². The van der Waals surface area contributed by atoms with Gasteiger partial charge in [0.15, 0.2) is 5.69 Å². The van der Waals surface area contributed by atoms with E-state index in [1.807, 2.05) is 32.3 Å². The average molecular weight is 355 g/mol. The number of hydrogen-bond acceptors (Lipinski definition) is 5. The van der Waals surface area contributed by atoms with Crippen molar-refractivity contribution in [2.24, 2.45) is 0 Å². The van der Waals surface area contributed by atoms with Gasteiger partial charge in [0.25, 0.3) is 5.91 Å². The number of anilines is 2. The molecule has 1 amide bonds. The molecule has 0 aliphatic heterocycles. The lowest BCUT2D eigenvalue weighted by atomic mass is 10.0. The van der Waals surface area contributed by atoms with E-state index in [0.717, 1.165) is 49.2 Å². The number of para-hydroxylation sites is 1. The smallest absolute Gasteiger partial charge is 0.276 e. The van der Waals surface area contributed by atoms with Crippen LogP contribution in [-0.4, -0.2) is 48.2 Å². The molecule has 0 atom stereocenters. The number of hydrogen-bond donors (Lipinski definition) is 2. The maximum absolute atomic E-state index is 12.6. The van der Waals surface area contributed by atoms with Gasteiger partial charge in [-0.3, -0.25) is 4.79 Å². The van der Waals surface area contributed by atoms with Crippen molar-refractivity contribution in [3.8, 4) is 0 Å². The van der Waals surface area contributed by atoms with E-state index in [1.54, 1.807) is 12.1 Å². The number of rotatable bonds is 9. The van der Waals surface area contributed by atoms with E-state index in [-0.39, 0.29) is 5.91 Å². The molecule has 140 valence electrons. The van der Waals surface area contributed by atoms with Crippen molar-refractivity contribution in [3.05, 3.63) is 47.2 Å². The fourth-order valence-electron chi connectivity index (χ4n) is 2.74. The number of nitrogens with zero attached hydrogens (tertiary/aromatic N) is 3. The molecule has 1 aromatic carbocycles. The summed E-state index contributed by atoms with van der Waals surface area (Å²) in [5.74, 6) is 0.454. The van der Waals surface area contributed by atoms with E-state index in [2.05, 4.69) is 39.6 Å². The normalized spacial score (nSPS) is 10.8. The zero-order valence-corrected chi connectivity index (χ0v) is 16.2. The second-order valence-electron chi connectivity index (χ2n) is 6.50. The third-order valence-electron chi connectivity index (χ3n) is 4.22. The second-order valence-corrected chi connectivity index (χ2v) is 6.50. The summed E-state index contributed by atoms with van der Waals surface area (Å²) < 4.78 is 0. The topological polar surface area (TPSA) is 70.2 Å². The molecule has 0 saturated carbocycles. The van der Waals surface area contributed by atoms with Gasteiger partial charge in [-0.05, 0) is 63.2 Å². The Balaban J connectivity index is 2.00. The lowest BCUT2D eigenvalue weighted by Gasteiger charge is -2.14. The predicted molar refractivity (Wildman–Crippen MR) is 107 cm³/mol. The highest BCUT2D eigenvalue weighted by atomic mass is 16.1. The van der Waals surface area contributed by atoms with Crippen LogP contribution in [0.15, 0.2) is 30.3 Å². The molecule has 2 N–H and O–H groups in total. The van der Waals surface area contributed by atoms with E-state index in [1.165, 1.54) is 0 Å². The van der Waals surface area contributed by atoms with E-state index >= 15 is 0 Å². The van der Waals surface area contributed by atoms with Crippen molar-refractivity contribution in [1.29, 1.82) is 0 Å². The summed E-state index contributed by atoms with van der Waals surface area (Å²) in [6.07, 6.45) is 2.75. The van der Waals surface area contributed by atoms with Gasteiger partial charge in [-0.15, -0.1) is 10.2 Å². The lowest BCUT2D eigenvalue weighted by molar-refractivity contribution is 0.102. The molecule has 0 radical (unpaired) electrons. The molecule has 6 heteroatoms. The van der Waals surface area contributed by atoms with Crippen molar-refractivity contribution in [3.63, 3.8) is 0 Å². The van der Waals surface area contributed by atoms with Gasteiger partial charge in [-0.2, -0.15) is 0 Å². The number of nitrogens with one attached hydrogen (secondary N) is 2. The molecular formula is C20H29N5O. The maximum Gasteiger partial charge on any atom is 0.276 e. The monoisotopic (exact) mass is 355 g/mol. The third kappa shape index (κ3) is 5.52. The molecule has 0 unspecified atom stereocenters. The van der Waals surface area contributed by atoms with Crippen molar-refractivity contribution in [1.82, 2.24) is 15.1 Å². The molecular weight excluding hydrogens is 326 g/mol. The number of benzene rings is 1. The van der Waals surface area contributed by atoms with Gasteiger partial charge in [0.05, 0.1) is 0 Å². The molecule has 0 aliphatic carbocycles. The highest BCUT2D eigenvalue weighted by molar-refractivity contribution is 6.03. The lowest BCUT2D eigenvalue weighted by Crippen LogP contribution is -2.18. The summed E-state index contributed by atoms with van der Waals surface area (Å²) in [5, 5.41) is 14.4. The van der Waals surface area contributed by atoms with Gasteiger partial charge in [-0.1, -0.05) is 32.0 Å². The van der Waals surface area contributed by atoms with Crippen LogP contribution >= 0.6 is 0 Å². The van der Waals surface area contributed by atoms with Gasteiger partial charge in [0, 0.05) is 12.2 Å². The van der Waals surface area contributed by atoms with Crippen LogP contribution in [0.3, 0.4) is 0 Å². The summed E-state index contributed by atoms with van der Waals surface area (Å²) in [6.45, 7) is 6.00. The molecule has 0 fully saturated rings. The zero-order chi connectivity index (χ0) is 18.9. The standard InChI is InChI=1S/C20H29N5O/c1-5-15-9-7-10-16(6-2)19(15)22-20(26)17-11-12-18(24-23-17)21-13-8-14-25(3)4/h7,9-12H,5-6,8,13-14H2,1-4H3,(H,21,24)(H,22,26). The van der Waals surface area contributed by atoms with Crippen molar-refractivity contribution < 1.29 is 4.79 Å². The number of carbonyl (C=O) groups is 1. The Morgan fingerprint density at radius 1 is 1.04 bits per heavy atom. The Hall–Kier alpha value is -2.47. The molecule has 0 aliphatic rings. The van der Waals surface area contributed by atoms with Crippen molar-refractivity contribution in [2.45, 2.75) is 33.1 Å². The quantitative estimate of drug-likeness (QED) is 0.676. The van der Waals surface area contributed by atoms with Crippen LogP contribution in [0.2, 0.25) is 0 Å². The van der Waals surface area contributed by atoms with Crippen LogP contribution in [0, 0.1) is 0 Å². The number of aromatic nitrogens is 2. The fraction of sp³-hybridized carbons (Fsp3) is 0.450. The minimum atomic E-state index is -0.229. The van der Waals surface area contributed by atoms with Crippen LogP contribution in [0.1, 0.15) is 41.9 Å². The summed E-state index contributed by atoms with van der Waals surface area (Å²) in [5.41, 5.74) is 3.47. The van der Waals surface area contributed by atoms with Crippen LogP contribution < -0.4 is 10.6 Å². The number of amides is 1. The highest BCUT2D eigenvalue weighted by Crippen LogP contribution is 2.23. The molecule has 6 nitrogen and oxygen atoms in total. The van der Waals surface area contributed by atoms with Crippen molar-refractivity contribution in [2.75, 3.05) is 37.8 Å². The summed E-state index contributed by atoms with van der Waals surface area (Å²) in [6, 6.07) is 9.62. The summed E-state index contributed by atoms with van der Waals surface area (Å²) >= 11 is 0. The molecule has 1 heterocycles. The molecule has 0 bridgehead atoms.